The summed E-state index contributed by atoms with van der Waals surface area (Å²) in [6, 6.07) is 7.54. The molecular weight excluding hydrogens is 266 g/mol. The molecule has 0 radical (unpaired) electrons. The SMILES string of the molecule is CC(C)c1ccc(C2NC(=O)N(C)C3=C2C(=O)NC3)cc1. The molecule has 1 aromatic rings. The first-order valence-electron chi connectivity index (χ1n) is 7.14. The highest BCUT2D eigenvalue weighted by Crippen LogP contribution is 2.32. The molecule has 2 aliphatic rings. The van der Waals surface area contributed by atoms with Gasteiger partial charge in [-0.15, -0.1) is 0 Å². The number of carbonyl (C=O) groups is 2. The van der Waals surface area contributed by atoms with Crippen LogP contribution >= 0.6 is 0 Å². The van der Waals surface area contributed by atoms with Gasteiger partial charge in [0.2, 0.25) is 0 Å². The van der Waals surface area contributed by atoms with Gasteiger partial charge in [0.25, 0.3) is 5.91 Å². The second-order valence-corrected chi connectivity index (χ2v) is 5.81. The maximum absolute atomic E-state index is 12.1. The van der Waals surface area contributed by atoms with Crippen molar-refractivity contribution < 1.29 is 9.59 Å². The first-order chi connectivity index (χ1) is 9.99. The van der Waals surface area contributed by atoms with Crippen molar-refractivity contribution in [1.82, 2.24) is 15.5 Å². The fourth-order valence-electron chi connectivity index (χ4n) is 2.82. The Morgan fingerprint density at radius 2 is 1.86 bits per heavy atom. The maximum Gasteiger partial charge on any atom is 0.322 e. The van der Waals surface area contributed by atoms with Crippen LogP contribution in [-0.2, 0) is 4.79 Å². The molecular formula is C16H19N3O2. The summed E-state index contributed by atoms with van der Waals surface area (Å²) >= 11 is 0. The van der Waals surface area contributed by atoms with Crippen molar-refractivity contribution >= 4 is 11.9 Å². The predicted molar refractivity (Wildman–Crippen MR) is 79.6 cm³/mol. The summed E-state index contributed by atoms with van der Waals surface area (Å²) in [4.78, 5) is 25.6. The Balaban J connectivity index is 2.01. The monoisotopic (exact) mass is 285 g/mol. The maximum atomic E-state index is 12.1. The van der Waals surface area contributed by atoms with E-state index in [-0.39, 0.29) is 18.0 Å². The average Bonchev–Trinajstić information content (AvgIpc) is 2.85. The molecule has 2 aliphatic heterocycles. The summed E-state index contributed by atoms with van der Waals surface area (Å²) < 4.78 is 0. The van der Waals surface area contributed by atoms with Crippen molar-refractivity contribution in [1.29, 1.82) is 0 Å². The molecule has 5 nitrogen and oxygen atoms in total. The fraction of sp³-hybridized carbons (Fsp3) is 0.375. The van der Waals surface area contributed by atoms with Crippen LogP contribution in [0.5, 0.6) is 0 Å². The van der Waals surface area contributed by atoms with Gasteiger partial charge < -0.3 is 10.6 Å². The lowest BCUT2D eigenvalue weighted by Gasteiger charge is -2.31. The Hall–Kier alpha value is -2.30. The van der Waals surface area contributed by atoms with Crippen LogP contribution in [0.4, 0.5) is 4.79 Å². The lowest BCUT2D eigenvalue weighted by atomic mass is 9.93. The minimum atomic E-state index is -0.368. The van der Waals surface area contributed by atoms with Gasteiger partial charge in [0.1, 0.15) is 0 Å². The highest BCUT2D eigenvalue weighted by Gasteiger charge is 2.39. The summed E-state index contributed by atoms with van der Waals surface area (Å²) in [5.41, 5.74) is 3.59. The Morgan fingerprint density at radius 3 is 2.48 bits per heavy atom. The average molecular weight is 285 g/mol. The third-order valence-electron chi connectivity index (χ3n) is 4.17. The molecule has 3 amide bonds. The third-order valence-corrected chi connectivity index (χ3v) is 4.17. The van der Waals surface area contributed by atoms with Gasteiger partial charge in [-0.1, -0.05) is 38.1 Å². The standard InChI is InChI=1S/C16H19N3O2/c1-9(2)10-4-6-11(7-5-10)14-13-12(8-17-15(13)20)19(3)16(21)18-14/h4-7,9,14H,8H2,1-3H3,(H,17,20)(H,18,21). The van der Waals surface area contributed by atoms with Crippen molar-refractivity contribution in [2.45, 2.75) is 25.8 Å². The van der Waals surface area contributed by atoms with Gasteiger partial charge in [-0.25, -0.2) is 4.79 Å². The largest absolute Gasteiger partial charge is 0.347 e. The number of carbonyl (C=O) groups excluding carboxylic acids is 2. The number of urea groups is 1. The van der Waals surface area contributed by atoms with E-state index in [0.29, 0.717) is 18.0 Å². The minimum Gasteiger partial charge on any atom is -0.347 e. The fourth-order valence-corrected chi connectivity index (χ4v) is 2.82. The van der Waals surface area contributed by atoms with E-state index in [4.69, 9.17) is 0 Å². The molecule has 0 saturated carbocycles. The van der Waals surface area contributed by atoms with Crippen LogP contribution in [0.1, 0.15) is 36.9 Å². The Morgan fingerprint density at radius 1 is 1.19 bits per heavy atom. The molecule has 2 heterocycles. The molecule has 0 spiro atoms. The van der Waals surface area contributed by atoms with Crippen LogP contribution in [0.2, 0.25) is 0 Å². The minimum absolute atomic E-state index is 0.102. The van der Waals surface area contributed by atoms with E-state index < -0.39 is 0 Å². The van der Waals surface area contributed by atoms with Crippen LogP contribution < -0.4 is 10.6 Å². The van der Waals surface area contributed by atoms with Crippen LogP contribution in [0.3, 0.4) is 0 Å². The molecule has 0 aliphatic carbocycles. The Bertz CT molecular complexity index is 631. The molecule has 1 aromatic carbocycles. The topological polar surface area (TPSA) is 61.4 Å². The van der Waals surface area contributed by atoms with Crippen molar-refractivity contribution in [3.63, 3.8) is 0 Å². The van der Waals surface area contributed by atoms with E-state index in [2.05, 4.69) is 36.6 Å². The molecule has 1 unspecified atom stereocenters. The Kier molecular flexibility index (Phi) is 3.20. The van der Waals surface area contributed by atoms with Gasteiger partial charge in [0.15, 0.2) is 0 Å². The number of likely N-dealkylation sites (N-methyl/N-ethyl adjacent to an activating group) is 1. The van der Waals surface area contributed by atoms with Crippen molar-refractivity contribution in [2.75, 3.05) is 13.6 Å². The molecule has 3 rings (SSSR count). The zero-order valence-corrected chi connectivity index (χ0v) is 12.4. The van der Waals surface area contributed by atoms with Crippen molar-refractivity contribution in [2.24, 2.45) is 0 Å². The van der Waals surface area contributed by atoms with E-state index >= 15 is 0 Å². The Labute approximate surface area is 124 Å². The number of hydrogen-bond donors (Lipinski definition) is 2. The summed E-state index contributed by atoms with van der Waals surface area (Å²) in [6.07, 6.45) is 0. The first-order valence-corrected chi connectivity index (χ1v) is 7.14. The number of amides is 3. The zero-order valence-electron chi connectivity index (χ0n) is 12.4. The molecule has 0 bridgehead atoms. The lowest BCUT2D eigenvalue weighted by molar-refractivity contribution is -0.116. The van der Waals surface area contributed by atoms with E-state index in [1.165, 1.54) is 10.5 Å². The lowest BCUT2D eigenvalue weighted by Crippen LogP contribution is -2.45. The van der Waals surface area contributed by atoms with Gasteiger partial charge in [0, 0.05) is 7.05 Å². The second-order valence-electron chi connectivity index (χ2n) is 5.81. The highest BCUT2D eigenvalue weighted by atomic mass is 16.2. The summed E-state index contributed by atoms with van der Waals surface area (Å²) in [7, 11) is 1.68. The highest BCUT2D eigenvalue weighted by molar-refractivity contribution is 6.01. The predicted octanol–water partition coefficient (Wildman–Crippen LogP) is 1.89. The first kappa shape index (κ1) is 13.7. The smallest absolute Gasteiger partial charge is 0.322 e. The summed E-state index contributed by atoms with van der Waals surface area (Å²) in [6.45, 7) is 4.69. The zero-order chi connectivity index (χ0) is 15.1. The van der Waals surface area contributed by atoms with E-state index in [1.807, 2.05) is 12.1 Å². The number of benzene rings is 1. The number of nitrogens with one attached hydrogen (secondary N) is 2. The molecule has 0 fully saturated rings. The van der Waals surface area contributed by atoms with Crippen molar-refractivity contribution in [3.05, 3.63) is 46.7 Å². The molecule has 110 valence electrons. The van der Waals surface area contributed by atoms with E-state index in [9.17, 15) is 9.59 Å². The summed E-state index contributed by atoms with van der Waals surface area (Å²) in [5, 5.41) is 5.70. The quantitative estimate of drug-likeness (QED) is 0.871. The molecule has 1 atom stereocenters. The van der Waals surface area contributed by atoms with Crippen LogP contribution in [-0.4, -0.2) is 30.4 Å². The number of rotatable bonds is 2. The molecule has 0 saturated heterocycles. The molecule has 5 heteroatoms. The second kappa shape index (κ2) is 4.91. The van der Waals surface area contributed by atoms with Crippen molar-refractivity contribution in [3.8, 4) is 0 Å². The summed E-state index contributed by atoms with van der Waals surface area (Å²) in [5.74, 6) is 0.352. The van der Waals surface area contributed by atoms with Crippen LogP contribution in [0.25, 0.3) is 0 Å². The molecule has 2 N–H and O–H groups in total. The van der Waals surface area contributed by atoms with Crippen LogP contribution in [0, 0.1) is 0 Å². The van der Waals surface area contributed by atoms with Gasteiger partial charge in [-0.05, 0) is 17.0 Å². The molecule has 0 aromatic heterocycles. The number of hydrogen-bond acceptors (Lipinski definition) is 2. The third kappa shape index (κ3) is 2.18. The van der Waals surface area contributed by atoms with E-state index in [0.717, 1.165) is 11.3 Å². The van der Waals surface area contributed by atoms with Gasteiger partial charge >= 0.3 is 6.03 Å². The van der Waals surface area contributed by atoms with Gasteiger partial charge in [-0.2, -0.15) is 0 Å². The van der Waals surface area contributed by atoms with Gasteiger partial charge in [0.05, 0.1) is 23.9 Å². The number of nitrogens with zero attached hydrogens (tertiary/aromatic N) is 1. The molecule has 21 heavy (non-hydrogen) atoms. The normalized spacial score (nSPS) is 21.5. The van der Waals surface area contributed by atoms with Crippen LogP contribution in [0.15, 0.2) is 35.5 Å². The van der Waals surface area contributed by atoms with Gasteiger partial charge in [-0.3, -0.25) is 9.69 Å². The van der Waals surface area contributed by atoms with E-state index in [1.54, 1.807) is 7.05 Å².